The van der Waals surface area contributed by atoms with E-state index in [4.69, 9.17) is 16.3 Å². The van der Waals surface area contributed by atoms with Crippen LogP contribution in [-0.2, 0) is 21.2 Å². The highest BCUT2D eigenvalue weighted by Gasteiger charge is 2.29. The number of hydrogen-bond donors (Lipinski definition) is 1. The molecule has 0 saturated heterocycles. The zero-order valence-electron chi connectivity index (χ0n) is 18.2. The minimum absolute atomic E-state index is 0.0821. The van der Waals surface area contributed by atoms with Gasteiger partial charge in [-0.25, -0.2) is 8.42 Å². The second-order valence-corrected chi connectivity index (χ2v) is 10.2. The number of nitrogens with zero attached hydrogens (tertiary/aromatic N) is 1. The number of ether oxygens (including phenoxy) is 1. The maximum Gasteiger partial charge on any atom is 0.264 e. The fourth-order valence-electron chi connectivity index (χ4n) is 3.89. The number of aryl methyl sites for hydroxylation is 1. The summed E-state index contributed by atoms with van der Waals surface area (Å²) in [5.41, 5.74) is 2.69. The third kappa shape index (κ3) is 5.15. The van der Waals surface area contributed by atoms with Gasteiger partial charge >= 0.3 is 0 Å². The zero-order chi connectivity index (χ0) is 23.4. The van der Waals surface area contributed by atoms with Crippen molar-refractivity contribution in [3.05, 3.63) is 88.9 Å². The fourth-order valence-corrected chi connectivity index (χ4v) is 5.75. The Bertz CT molecular complexity index is 1250. The number of para-hydroxylation sites is 1. The van der Waals surface area contributed by atoms with Crippen LogP contribution in [0.3, 0.4) is 0 Å². The number of amides is 1. The second kappa shape index (κ2) is 9.85. The largest absolute Gasteiger partial charge is 0.482 e. The lowest BCUT2D eigenvalue weighted by molar-refractivity contribution is -0.123. The van der Waals surface area contributed by atoms with Gasteiger partial charge in [0.25, 0.3) is 15.9 Å². The number of halogens is 1. The molecule has 8 heteroatoms. The van der Waals surface area contributed by atoms with Gasteiger partial charge in [0.2, 0.25) is 0 Å². The highest BCUT2D eigenvalue weighted by molar-refractivity contribution is 7.92. The number of hydrogen-bond acceptors (Lipinski definition) is 4. The van der Waals surface area contributed by atoms with E-state index >= 15 is 0 Å². The Morgan fingerprint density at radius 2 is 1.82 bits per heavy atom. The van der Waals surface area contributed by atoms with E-state index in [0.717, 1.165) is 24.0 Å². The van der Waals surface area contributed by atoms with Crippen LogP contribution in [-0.4, -0.2) is 27.5 Å². The number of fused-ring (bicyclic) bond motifs is 1. The molecule has 33 heavy (non-hydrogen) atoms. The predicted molar refractivity (Wildman–Crippen MR) is 129 cm³/mol. The first-order valence-electron chi connectivity index (χ1n) is 10.7. The molecule has 0 saturated carbocycles. The van der Waals surface area contributed by atoms with Gasteiger partial charge in [-0.05, 0) is 55.2 Å². The zero-order valence-corrected chi connectivity index (χ0v) is 19.8. The highest BCUT2D eigenvalue weighted by Crippen LogP contribution is 2.34. The van der Waals surface area contributed by atoms with Crippen molar-refractivity contribution in [2.24, 2.45) is 0 Å². The van der Waals surface area contributed by atoms with E-state index in [-0.39, 0.29) is 34.2 Å². The summed E-state index contributed by atoms with van der Waals surface area (Å²) in [4.78, 5) is 12.4. The topological polar surface area (TPSA) is 75.7 Å². The first-order chi connectivity index (χ1) is 15.9. The Morgan fingerprint density at radius 3 is 2.58 bits per heavy atom. The lowest BCUT2D eigenvalue weighted by Crippen LogP contribution is -2.35. The molecule has 3 aromatic carbocycles. The molecular weight excluding hydrogens is 460 g/mol. The standard InChI is InChI=1S/C25H25ClN2O4S/c1-18(19-8-3-2-4-9-19)27-25(29)17-32-24-14-13-21(16-22(24)26)33(30,31)28-15-7-11-20-10-5-6-12-23(20)28/h2-6,8-10,12-14,16,18H,7,11,15,17H2,1H3,(H,27,29)/t18-/m0/s1. The molecule has 4 rings (SSSR count). The van der Waals surface area contributed by atoms with E-state index in [1.807, 2.05) is 61.5 Å². The van der Waals surface area contributed by atoms with Gasteiger partial charge in [-0.3, -0.25) is 9.10 Å². The summed E-state index contributed by atoms with van der Waals surface area (Å²) in [5, 5.41) is 2.99. The number of rotatable bonds is 7. The summed E-state index contributed by atoms with van der Waals surface area (Å²) in [6, 6.07) is 21.3. The molecule has 0 spiro atoms. The Labute approximate surface area is 199 Å². The molecule has 0 aromatic heterocycles. The van der Waals surface area contributed by atoms with Crippen molar-refractivity contribution in [1.82, 2.24) is 5.32 Å². The predicted octanol–water partition coefficient (Wildman–Crippen LogP) is 4.74. The van der Waals surface area contributed by atoms with Crippen molar-refractivity contribution < 1.29 is 17.9 Å². The van der Waals surface area contributed by atoms with Crippen LogP contribution in [0.15, 0.2) is 77.7 Å². The molecule has 0 unspecified atom stereocenters. The average Bonchev–Trinajstić information content (AvgIpc) is 2.83. The fraction of sp³-hybridized carbons (Fsp3) is 0.240. The summed E-state index contributed by atoms with van der Waals surface area (Å²) < 4.78 is 33.6. The van der Waals surface area contributed by atoms with Crippen molar-refractivity contribution in [2.75, 3.05) is 17.5 Å². The summed E-state index contributed by atoms with van der Waals surface area (Å²) in [6.45, 7) is 2.07. The third-order valence-electron chi connectivity index (χ3n) is 5.59. The summed E-state index contributed by atoms with van der Waals surface area (Å²) in [6.07, 6.45) is 1.60. The first kappa shape index (κ1) is 23.1. The normalized spacial score (nSPS) is 14.3. The maximum absolute atomic E-state index is 13.3. The van der Waals surface area contributed by atoms with Crippen LogP contribution in [0, 0.1) is 0 Å². The molecule has 172 valence electrons. The van der Waals surface area contributed by atoms with Crippen molar-refractivity contribution in [2.45, 2.75) is 30.7 Å². The quantitative estimate of drug-likeness (QED) is 0.525. The van der Waals surface area contributed by atoms with E-state index in [1.165, 1.54) is 22.5 Å². The minimum atomic E-state index is -3.78. The number of carbonyl (C=O) groups excluding carboxylic acids is 1. The van der Waals surface area contributed by atoms with Crippen LogP contribution in [0.4, 0.5) is 5.69 Å². The van der Waals surface area contributed by atoms with E-state index in [0.29, 0.717) is 12.2 Å². The van der Waals surface area contributed by atoms with Gasteiger partial charge in [0.1, 0.15) is 5.75 Å². The van der Waals surface area contributed by atoms with Crippen LogP contribution >= 0.6 is 11.6 Å². The molecular formula is C25H25ClN2O4S. The van der Waals surface area contributed by atoms with E-state index < -0.39 is 10.0 Å². The van der Waals surface area contributed by atoms with Gasteiger partial charge in [-0.1, -0.05) is 60.1 Å². The van der Waals surface area contributed by atoms with Crippen LogP contribution < -0.4 is 14.4 Å². The Balaban J connectivity index is 1.44. The Kier molecular flexibility index (Phi) is 6.91. The van der Waals surface area contributed by atoms with Gasteiger partial charge in [-0.2, -0.15) is 0 Å². The number of nitrogens with one attached hydrogen (secondary N) is 1. The lowest BCUT2D eigenvalue weighted by Gasteiger charge is -2.30. The molecule has 0 aliphatic carbocycles. The Hall–Kier alpha value is -3.03. The molecule has 0 bridgehead atoms. The second-order valence-electron chi connectivity index (χ2n) is 7.89. The van der Waals surface area contributed by atoms with Gasteiger partial charge in [-0.15, -0.1) is 0 Å². The number of sulfonamides is 1. The van der Waals surface area contributed by atoms with Crippen molar-refractivity contribution in [3.63, 3.8) is 0 Å². The van der Waals surface area contributed by atoms with Gasteiger partial charge in [0.15, 0.2) is 6.61 Å². The van der Waals surface area contributed by atoms with Crippen molar-refractivity contribution >= 4 is 33.2 Å². The summed E-state index contributed by atoms with van der Waals surface area (Å²) in [7, 11) is -3.78. The van der Waals surface area contributed by atoms with Crippen LogP contribution in [0.5, 0.6) is 5.75 Å². The smallest absolute Gasteiger partial charge is 0.264 e. The molecule has 6 nitrogen and oxygen atoms in total. The first-order valence-corrected chi connectivity index (χ1v) is 12.6. The van der Waals surface area contributed by atoms with E-state index in [2.05, 4.69) is 5.32 Å². The molecule has 1 amide bonds. The molecule has 1 aliphatic rings. The minimum Gasteiger partial charge on any atom is -0.482 e. The molecule has 1 heterocycles. The van der Waals surface area contributed by atoms with E-state index in [1.54, 1.807) is 0 Å². The molecule has 1 aliphatic heterocycles. The van der Waals surface area contributed by atoms with Gasteiger partial charge < -0.3 is 10.1 Å². The summed E-state index contributed by atoms with van der Waals surface area (Å²) >= 11 is 6.32. The van der Waals surface area contributed by atoms with Crippen molar-refractivity contribution in [3.8, 4) is 5.75 Å². The van der Waals surface area contributed by atoms with Crippen LogP contribution in [0.2, 0.25) is 5.02 Å². The lowest BCUT2D eigenvalue weighted by atomic mass is 10.0. The van der Waals surface area contributed by atoms with Gasteiger partial charge in [0.05, 0.1) is 21.6 Å². The number of anilines is 1. The van der Waals surface area contributed by atoms with Crippen molar-refractivity contribution in [1.29, 1.82) is 0 Å². The monoisotopic (exact) mass is 484 g/mol. The molecule has 3 aromatic rings. The van der Waals surface area contributed by atoms with Gasteiger partial charge in [0, 0.05) is 6.54 Å². The third-order valence-corrected chi connectivity index (χ3v) is 7.70. The average molecular weight is 485 g/mol. The number of benzene rings is 3. The molecule has 0 fully saturated rings. The molecule has 1 N–H and O–H groups in total. The van der Waals surface area contributed by atoms with E-state index in [9.17, 15) is 13.2 Å². The van der Waals surface area contributed by atoms with Crippen LogP contribution in [0.25, 0.3) is 0 Å². The highest BCUT2D eigenvalue weighted by atomic mass is 35.5. The van der Waals surface area contributed by atoms with Crippen LogP contribution in [0.1, 0.15) is 30.5 Å². The Morgan fingerprint density at radius 1 is 1.09 bits per heavy atom. The summed E-state index contributed by atoms with van der Waals surface area (Å²) in [5.74, 6) is -0.0544. The maximum atomic E-state index is 13.3. The SMILES string of the molecule is C[C@H](NC(=O)COc1ccc(S(=O)(=O)N2CCCc3ccccc32)cc1Cl)c1ccccc1. The molecule has 1 atom stereocenters. The number of carbonyl (C=O) groups is 1. The molecule has 0 radical (unpaired) electrons.